The zero-order chi connectivity index (χ0) is 15.5. The van der Waals surface area contributed by atoms with Gasteiger partial charge in [-0.2, -0.15) is 0 Å². The van der Waals surface area contributed by atoms with Crippen molar-refractivity contribution in [3.05, 3.63) is 11.4 Å². The van der Waals surface area contributed by atoms with Gasteiger partial charge < -0.3 is 5.32 Å². The summed E-state index contributed by atoms with van der Waals surface area (Å²) in [6.07, 6.45) is 2.44. The number of amides is 1. The Morgan fingerprint density at radius 2 is 2.00 bits per heavy atom. The number of aryl methyl sites for hydroxylation is 2. The lowest BCUT2D eigenvalue weighted by Crippen LogP contribution is -2.42. The van der Waals surface area contributed by atoms with Crippen molar-refractivity contribution in [1.29, 1.82) is 0 Å². The van der Waals surface area contributed by atoms with Crippen LogP contribution in [0, 0.1) is 11.3 Å². The quantitative estimate of drug-likeness (QED) is 0.861. The van der Waals surface area contributed by atoms with Crippen LogP contribution in [0.1, 0.15) is 45.5 Å². The van der Waals surface area contributed by atoms with E-state index in [-0.39, 0.29) is 17.2 Å². The average molecular weight is 291 g/mol. The van der Waals surface area contributed by atoms with Gasteiger partial charge in [-0.05, 0) is 31.7 Å². The second-order valence-corrected chi connectivity index (χ2v) is 5.93. The molecule has 0 saturated carbocycles. The van der Waals surface area contributed by atoms with Crippen molar-refractivity contribution >= 4 is 11.9 Å². The normalized spacial score (nSPS) is 21.8. The van der Waals surface area contributed by atoms with Crippen LogP contribution in [0.25, 0.3) is 0 Å². The largest absolute Gasteiger partial charge is 0.316 e. The Hall–Kier alpha value is -1.56. The smallest absolute Gasteiger partial charge is 0.249 e. The molecule has 2 N–H and O–H groups in total. The number of anilines is 1. The number of nitrogens with zero attached hydrogens (tertiary/aromatic N) is 3. The lowest BCUT2D eigenvalue weighted by atomic mass is 9.75. The first-order valence-electron chi connectivity index (χ1n) is 7.78. The van der Waals surface area contributed by atoms with Crippen LogP contribution < -0.4 is 10.6 Å². The number of carbonyl (C=O) groups is 1. The number of carbonyl (C=O) groups excluding carboxylic acids is 1. The molecule has 0 bridgehead atoms. The number of aromatic nitrogens is 3. The molecule has 21 heavy (non-hydrogen) atoms. The standard InChI is InChI=1S/C15H25N5O/c1-5-11-12(6-2)19-20-14(17-11)18-13(21)15(10(3)4)7-8-16-9-15/h10,16H,5-9H2,1-4H3,(H,17,18,20,21). The molecule has 0 aromatic carbocycles. The van der Waals surface area contributed by atoms with Gasteiger partial charge >= 0.3 is 0 Å². The highest BCUT2D eigenvalue weighted by Gasteiger charge is 2.44. The molecule has 1 aliphatic heterocycles. The van der Waals surface area contributed by atoms with Crippen LogP contribution in [0.2, 0.25) is 0 Å². The molecule has 1 atom stereocenters. The maximum absolute atomic E-state index is 12.7. The van der Waals surface area contributed by atoms with Crippen LogP contribution in [0.5, 0.6) is 0 Å². The molecular weight excluding hydrogens is 266 g/mol. The van der Waals surface area contributed by atoms with Gasteiger partial charge in [-0.3, -0.25) is 10.1 Å². The van der Waals surface area contributed by atoms with Gasteiger partial charge in [0, 0.05) is 6.54 Å². The van der Waals surface area contributed by atoms with Crippen molar-refractivity contribution < 1.29 is 4.79 Å². The minimum absolute atomic E-state index is 0.00407. The summed E-state index contributed by atoms with van der Waals surface area (Å²) in [7, 11) is 0. The molecule has 1 unspecified atom stereocenters. The molecule has 1 saturated heterocycles. The van der Waals surface area contributed by atoms with Gasteiger partial charge in [-0.15, -0.1) is 10.2 Å². The molecule has 2 rings (SSSR count). The molecule has 1 fully saturated rings. The van der Waals surface area contributed by atoms with E-state index in [1.165, 1.54) is 0 Å². The fourth-order valence-corrected chi connectivity index (χ4v) is 2.88. The molecule has 2 heterocycles. The van der Waals surface area contributed by atoms with Crippen molar-refractivity contribution in [3.63, 3.8) is 0 Å². The number of rotatable bonds is 5. The number of hydrogen-bond acceptors (Lipinski definition) is 5. The first kappa shape index (κ1) is 15.8. The van der Waals surface area contributed by atoms with Gasteiger partial charge in [-0.25, -0.2) is 4.98 Å². The molecule has 0 radical (unpaired) electrons. The molecule has 1 aromatic rings. The van der Waals surface area contributed by atoms with Crippen molar-refractivity contribution in [2.45, 2.75) is 47.0 Å². The van der Waals surface area contributed by atoms with Crippen molar-refractivity contribution in [1.82, 2.24) is 20.5 Å². The zero-order valence-corrected chi connectivity index (χ0v) is 13.4. The molecule has 0 aliphatic carbocycles. The Morgan fingerprint density at radius 1 is 1.29 bits per heavy atom. The summed E-state index contributed by atoms with van der Waals surface area (Å²) in [4.78, 5) is 17.1. The monoisotopic (exact) mass is 291 g/mol. The maximum atomic E-state index is 12.7. The zero-order valence-electron chi connectivity index (χ0n) is 13.4. The maximum Gasteiger partial charge on any atom is 0.249 e. The average Bonchev–Trinajstić information content (AvgIpc) is 2.98. The second-order valence-electron chi connectivity index (χ2n) is 5.93. The highest BCUT2D eigenvalue weighted by molar-refractivity contribution is 5.94. The topological polar surface area (TPSA) is 79.8 Å². The van der Waals surface area contributed by atoms with Gasteiger partial charge in [0.25, 0.3) is 0 Å². The molecule has 1 aliphatic rings. The third kappa shape index (κ3) is 3.05. The fourth-order valence-electron chi connectivity index (χ4n) is 2.88. The third-order valence-electron chi connectivity index (χ3n) is 4.48. The van der Waals surface area contributed by atoms with E-state index < -0.39 is 0 Å². The summed E-state index contributed by atoms with van der Waals surface area (Å²) in [5, 5.41) is 14.4. The van der Waals surface area contributed by atoms with Crippen LogP contribution in [-0.2, 0) is 17.6 Å². The minimum Gasteiger partial charge on any atom is -0.316 e. The van der Waals surface area contributed by atoms with Crippen molar-refractivity contribution in [2.24, 2.45) is 11.3 Å². The van der Waals surface area contributed by atoms with E-state index >= 15 is 0 Å². The molecular formula is C15H25N5O. The molecule has 1 aromatic heterocycles. The van der Waals surface area contributed by atoms with Crippen LogP contribution in [0.3, 0.4) is 0 Å². The lowest BCUT2D eigenvalue weighted by Gasteiger charge is -2.30. The van der Waals surface area contributed by atoms with Gasteiger partial charge in [-0.1, -0.05) is 27.7 Å². The summed E-state index contributed by atoms with van der Waals surface area (Å²) >= 11 is 0. The summed E-state index contributed by atoms with van der Waals surface area (Å²) in [6.45, 7) is 9.82. The van der Waals surface area contributed by atoms with Gasteiger partial charge in [0.2, 0.25) is 11.9 Å². The van der Waals surface area contributed by atoms with Crippen LogP contribution in [0.15, 0.2) is 0 Å². The minimum atomic E-state index is -0.376. The molecule has 6 heteroatoms. The Labute approximate surface area is 126 Å². The lowest BCUT2D eigenvalue weighted by molar-refractivity contribution is -0.126. The van der Waals surface area contributed by atoms with Crippen molar-refractivity contribution in [3.8, 4) is 0 Å². The Bertz CT molecular complexity index is 509. The predicted molar refractivity (Wildman–Crippen MR) is 82.0 cm³/mol. The van der Waals surface area contributed by atoms with Gasteiger partial charge in [0.15, 0.2) is 0 Å². The first-order chi connectivity index (χ1) is 10.0. The highest BCUT2D eigenvalue weighted by Crippen LogP contribution is 2.35. The van der Waals surface area contributed by atoms with Crippen LogP contribution in [-0.4, -0.2) is 34.2 Å². The van der Waals surface area contributed by atoms with Gasteiger partial charge in [0.05, 0.1) is 16.8 Å². The van der Waals surface area contributed by atoms with Gasteiger partial charge in [0.1, 0.15) is 0 Å². The summed E-state index contributed by atoms with van der Waals surface area (Å²) in [6, 6.07) is 0. The van der Waals surface area contributed by atoms with E-state index in [2.05, 4.69) is 39.7 Å². The van der Waals surface area contributed by atoms with Crippen LogP contribution in [0.4, 0.5) is 5.95 Å². The Balaban J connectivity index is 2.19. The summed E-state index contributed by atoms with van der Waals surface area (Å²) in [5.41, 5.74) is 1.43. The molecule has 0 spiro atoms. The van der Waals surface area contributed by atoms with E-state index in [1.54, 1.807) is 0 Å². The first-order valence-corrected chi connectivity index (χ1v) is 7.78. The van der Waals surface area contributed by atoms with E-state index in [1.807, 2.05) is 13.8 Å². The Kier molecular flexibility index (Phi) is 4.88. The Morgan fingerprint density at radius 3 is 2.52 bits per heavy atom. The van der Waals surface area contributed by atoms with E-state index in [4.69, 9.17) is 0 Å². The number of hydrogen-bond donors (Lipinski definition) is 2. The highest BCUT2D eigenvalue weighted by atomic mass is 16.2. The number of nitrogens with one attached hydrogen (secondary N) is 2. The van der Waals surface area contributed by atoms with Crippen LogP contribution >= 0.6 is 0 Å². The SMILES string of the molecule is CCc1nnc(NC(=O)C2(C(C)C)CCNC2)nc1CC. The summed E-state index contributed by atoms with van der Waals surface area (Å²) < 4.78 is 0. The molecule has 6 nitrogen and oxygen atoms in total. The fraction of sp³-hybridized carbons (Fsp3) is 0.733. The molecule has 1 amide bonds. The second kappa shape index (κ2) is 6.47. The van der Waals surface area contributed by atoms with Crippen molar-refractivity contribution in [2.75, 3.05) is 18.4 Å². The third-order valence-corrected chi connectivity index (χ3v) is 4.48. The molecule has 116 valence electrons. The summed E-state index contributed by atoms with van der Waals surface area (Å²) in [5.74, 6) is 0.581. The predicted octanol–water partition coefficient (Wildman–Crippen LogP) is 1.57. The van der Waals surface area contributed by atoms with E-state index in [0.717, 1.165) is 37.2 Å². The van der Waals surface area contributed by atoms with E-state index in [0.29, 0.717) is 12.5 Å². The van der Waals surface area contributed by atoms with E-state index in [9.17, 15) is 4.79 Å².